The van der Waals surface area contributed by atoms with Gasteiger partial charge in [-0.1, -0.05) is 0 Å². The van der Waals surface area contributed by atoms with Gasteiger partial charge in [0.15, 0.2) is 5.11 Å². The van der Waals surface area contributed by atoms with Gasteiger partial charge in [-0.3, -0.25) is 15.6 Å². The molecule has 0 unspecified atom stereocenters. The molecule has 0 saturated carbocycles. The van der Waals surface area contributed by atoms with Gasteiger partial charge >= 0.3 is 0 Å². The van der Waals surface area contributed by atoms with Gasteiger partial charge in [0.2, 0.25) is 0 Å². The van der Waals surface area contributed by atoms with Gasteiger partial charge in [0.1, 0.15) is 0 Å². The maximum atomic E-state index is 12.0. The molecule has 1 aromatic heterocycles. The highest BCUT2D eigenvalue weighted by Crippen LogP contribution is 2.30. The molecule has 0 saturated heterocycles. The fraction of sp³-hybridized carbons (Fsp3) is 0.571. The number of hydrazine groups is 1. The summed E-state index contributed by atoms with van der Waals surface area (Å²) in [6.07, 6.45) is 4.45. The van der Waals surface area contributed by atoms with Crippen LogP contribution in [0, 0.1) is 0 Å². The maximum Gasteiger partial charge on any atom is 0.279 e. The molecule has 2 rings (SSSR count). The van der Waals surface area contributed by atoms with E-state index < -0.39 is 0 Å². The number of thiocarbonyl (C=S) groups is 1. The SMILES string of the molecule is C[NH+](C)CCCNC(=S)NNC(=O)c1cc2c(s1)CCC2. The predicted molar refractivity (Wildman–Crippen MR) is 89.8 cm³/mol. The molecule has 0 radical (unpaired) electrons. The maximum absolute atomic E-state index is 12.0. The van der Waals surface area contributed by atoms with Gasteiger partial charge in [0.25, 0.3) is 5.91 Å². The number of aryl methyl sites for hydroxylation is 2. The van der Waals surface area contributed by atoms with Crippen LogP contribution >= 0.6 is 23.6 Å². The zero-order valence-corrected chi connectivity index (χ0v) is 14.2. The lowest BCUT2D eigenvalue weighted by Crippen LogP contribution is -3.05. The van der Waals surface area contributed by atoms with Crippen LogP contribution in [0.3, 0.4) is 0 Å². The highest BCUT2D eigenvalue weighted by Gasteiger charge is 2.18. The number of rotatable bonds is 5. The lowest BCUT2D eigenvalue weighted by Gasteiger charge is -2.11. The number of carbonyl (C=O) groups excluding carboxylic acids is 1. The number of amides is 1. The highest BCUT2D eigenvalue weighted by molar-refractivity contribution is 7.80. The molecular weight excluding hydrogens is 304 g/mol. The van der Waals surface area contributed by atoms with Crippen molar-refractivity contribution >= 4 is 34.6 Å². The molecule has 1 heterocycles. The van der Waals surface area contributed by atoms with E-state index in [-0.39, 0.29) is 5.91 Å². The fourth-order valence-corrected chi connectivity index (χ4v) is 3.61. The van der Waals surface area contributed by atoms with Crippen molar-refractivity contribution in [2.45, 2.75) is 25.7 Å². The minimum atomic E-state index is -0.115. The summed E-state index contributed by atoms with van der Waals surface area (Å²) in [7, 11) is 4.24. The molecule has 0 atom stereocenters. The second-order valence-corrected chi connectivity index (χ2v) is 7.10. The van der Waals surface area contributed by atoms with E-state index >= 15 is 0 Å². The van der Waals surface area contributed by atoms with Crippen LogP contribution in [0.1, 0.15) is 33.0 Å². The Morgan fingerprint density at radius 3 is 2.90 bits per heavy atom. The first-order valence-electron chi connectivity index (χ1n) is 7.31. The Bertz CT molecular complexity index is 492. The molecule has 0 fully saturated rings. The molecule has 0 aromatic carbocycles. The van der Waals surface area contributed by atoms with Gasteiger partial charge in [0.05, 0.1) is 25.5 Å². The third kappa shape index (κ3) is 4.94. The smallest absolute Gasteiger partial charge is 0.279 e. The normalized spacial score (nSPS) is 13.1. The van der Waals surface area contributed by atoms with Crippen LogP contribution in [0.2, 0.25) is 0 Å². The van der Waals surface area contributed by atoms with Gasteiger partial charge in [-0.25, -0.2) is 0 Å². The zero-order chi connectivity index (χ0) is 15.2. The molecule has 7 heteroatoms. The summed E-state index contributed by atoms with van der Waals surface area (Å²) in [5, 5.41) is 3.54. The summed E-state index contributed by atoms with van der Waals surface area (Å²) in [6.45, 7) is 1.89. The Kier molecular flexibility index (Phi) is 5.96. The van der Waals surface area contributed by atoms with E-state index in [2.05, 4.69) is 30.3 Å². The van der Waals surface area contributed by atoms with Gasteiger partial charge in [0, 0.05) is 17.8 Å². The number of thiophene rings is 1. The van der Waals surface area contributed by atoms with Gasteiger partial charge < -0.3 is 10.2 Å². The van der Waals surface area contributed by atoms with Crippen molar-refractivity contribution in [1.29, 1.82) is 0 Å². The number of quaternary nitrogens is 1. The molecule has 1 aliphatic rings. The summed E-state index contributed by atoms with van der Waals surface area (Å²) in [6, 6.07) is 2.00. The zero-order valence-electron chi connectivity index (χ0n) is 12.5. The van der Waals surface area contributed by atoms with Crippen LogP contribution < -0.4 is 21.1 Å². The number of hydrogen-bond acceptors (Lipinski definition) is 3. The number of nitrogens with one attached hydrogen (secondary N) is 4. The molecule has 5 nitrogen and oxygen atoms in total. The molecule has 1 amide bonds. The molecule has 116 valence electrons. The molecule has 21 heavy (non-hydrogen) atoms. The first-order chi connectivity index (χ1) is 10.1. The molecule has 0 bridgehead atoms. The third-order valence-corrected chi connectivity index (χ3v) is 4.88. The van der Waals surface area contributed by atoms with E-state index in [0.29, 0.717) is 5.11 Å². The minimum absolute atomic E-state index is 0.115. The van der Waals surface area contributed by atoms with E-state index in [1.165, 1.54) is 21.8 Å². The van der Waals surface area contributed by atoms with Crippen molar-refractivity contribution < 1.29 is 9.69 Å². The van der Waals surface area contributed by atoms with Crippen LogP contribution in [0.4, 0.5) is 0 Å². The summed E-state index contributed by atoms with van der Waals surface area (Å²) < 4.78 is 0. The van der Waals surface area contributed by atoms with Crippen molar-refractivity contribution in [2.75, 3.05) is 27.2 Å². The molecule has 0 spiro atoms. The Morgan fingerprint density at radius 1 is 1.38 bits per heavy atom. The summed E-state index contributed by atoms with van der Waals surface area (Å²) in [5.74, 6) is -0.115. The largest absolute Gasteiger partial charge is 0.361 e. The van der Waals surface area contributed by atoms with E-state index in [9.17, 15) is 4.79 Å². The van der Waals surface area contributed by atoms with E-state index in [0.717, 1.165) is 37.2 Å². The first kappa shape index (κ1) is 16.2. The Hall–Kier alpha value is -1.18. The van der Waals surface area contributed by atoms with Crippen LogP contribution in [0.5, 0.6) is 0 Å². The summed E-state index contributed by atoms with van der Waals surface area (Å²) >= 11 is 6.71. The summed E-state index contributed by atoms with van der Waals surface area (Å²) in [4.78, 5) is 15.5. The molecule has 4 N–H and O–H groups in total. The van der Waals surface area contributed by atoms with Crippen molar-refractivity contribution in [3.63, 3.8) is 0 Å². The average molecular weight is 327 g/mol. The van der Waals surface area contributed by atoms with Crippen LogP contribution in [-0.2, 0) is 12.8 Å². The van der Waals surface area contributed by atoms with Crippen LogP contribution in [0.15, 0.2) is 6.07 Å². The second kappa shape index (κ2) is 7.72. The van der Waals surface area contributed by atoms with Gasteiger partial charge in [-0.2, -0.15) is 0 Å². The van der Waals surface area contributed by atoms with Crippen LogP contribution in [-0.4, -0.2) is 38.2 Å². The van der Waals surface area contributed by atoms with Crippen LogP contribution in [0.25, 0.3) is 0 Å². The highest BCUT2D eigenvalue weighted by atomic mass is 32.1. The Labute approximate surface area is 135 Å². The van der Waals surface area contributed by atoms with E-state index in [1.54, 1.807) is 11.3 Å². The molecule has 1 aromatic rings. The van der Waals surface area contributed by atoms with Crippen molar-refractivity contribution in [3.05, 3.63) is 21.4 Å². The van der Waals surface area contributed by atoms with Gasteiger partial charge in [-0.15, -0.1) is 11.3 Å². The van der Waals surface area contributed by atoms with Gasteiger partial charge in [-0.05, 0) is 43.1 Å². The van der Waals surface area contributed by atoms with Crippen molar-refractivity contribution in [3.8, 4) is 0 Å². The molecule has 1 aliphatic carbocycles. The van der Waals surface area contributed by atoms with Crippen molar-refractivity contribution in [1.82, 2.24) is 16.2 Å². The van der Waals surface area contributed by atoms with Crippen molar-refractivity contribution in [2.24, 2.45) is 0 Å². The predicted octanol–water partition coefficient (Wildman–Crippen LogP) is -0.120. The third-order valence-electron chi connectivity index (χ3n) is 3.40. The molecular formula is C14H23N4OS2+. The first-order valence-corrected chi connectivity index (χ1v) is 8.53. The molecule has 0 aliphatic heterocycles. The standard InChI is InChI=1S/C14H22N4OS2/c1-18(2)8-4-7-15-14(20)17-16-13(19)12-9-10-5-3-6-11(10)21-12/h9H,3-8H2,1-2H3,(H,16,19)(H2,15,17,20)/p+1. The topological polar surface area (TPSA) is 57.6 Å². The van der Waals surface area contributed by atoms with E-state index in [4.69, 9.17) is 12.2 Å². The summed E-state index contributed by atoms with van der Waals surface area (Å²) in [5.41, 5.74) is 6.73. The lowest BCUT2D eigenvalue weighted by atomic mass is 10.2. The Balaban J connectivity index is 1.67. The minimum Gasteiger partial charge on any atom is -0.361 e. The number of fused-ring (bicyclic) bond motifs is 1. The fourth-order valence-electron chi connectivity index (χ4n) is 2.30. The van der Waals surface area contributed by atoms with E-state index in [1.807, 2.05) is 6.07 Å². The lowest BCUT2D eigenvalue weighted by molar-refractivity contribution is -0.858. The second-order valence-electron chi connectivity index (χ2n) is 5.56. The quantitative estimate of drug-likeness (QED) is 0.346. The monoisotopic (exact) mass is 327 g/mol. The average Bonchev–Trinajstić information content (AvgIpc) is 3.01. The Morgan fingerprint density at radius 2 is 2.19 bits per heavy atom. The number of carbonyl (C=O) groups is 1. The number of hydrogen-bond donors (Lipinski definition) is 4.